The van der Waals surface area contributed by atoms with Gasteiger partial charge in [-0.1, -0.05) is 158 Å². The highest BCUT2D eigenvalue weighted by Gasteiger charge is 2.53. The van der Waals surface area contributed by atoms with Gasteiger partial charge in [-0.2, -0.15) is 0 Å². The minimum atomic E-state index is -0.751. The molecule has 0 saturated heterocycles. The number of para-hydroxylation sites is 1. The molecule has 204 valence electrons. The van der Waals surface area contributed by atoms with Crippen molar-refractivity contribution in [3.63, 3.8) is 0 Å². The summed E-state index contributed by atoms with van der Waals surface area (Å²) in [6.07, 6.45) is 9.61. The van der Waals surface area contributed by atoms with Crippen LogP contribution in [0.25, 0.3) is 22.3 Å². The lowest BCUT2D eigenvalue weighted by molar-refractivity contribution is 0.548. The Kier molecular flexibility index (Phi) is 5.84. The third kappa shape index (κ3) is 3.60. The van der Waals surface area contributed by atoms with E-state index in [1.165, 1.54) is 27.8 Å². The fraction of sp³-hybridized carbons (Fsp3) is 0.0732. The van der Waals surface area contributed by atoms with Crippen LogP contribution in [0, 0.1) is 0 Å². The first-order valence-corrected chi connectivity index (χ1v) is 14.9. The summed E-state index contributed by atoms with van der Waals surface area (Å²) in [5, 5.41) is 1.03. The van der Waals surface area contributed by atoms with Gasteiger partial charge in [0.05, 0.1) is 16.6 Å². The van der Waals surface area contributed by atoms with Gasteiger partial charge in [-0.3, -0.25) is 0 Å². The maximum absolute atomic E-state index is 5.51. The molecule has 8 rings (SSSR count). The average Bonchev–Trinajstić information content (AvgIpc) is 3.08. The van der Waals surface area contributed by atoms with E-state index in [1.807, 2.05) is 18.2 Å². The molecule has 0 saturated carbocycles. The number of hydrogen-bond donors (Lipinski definition) is 0. The first-order chi connectivity index (χ1) is 21.2. The number of benzene rings is 5. The van der Waals surface area contributed by atoms with Gasteiger partial charge in [0.25, 0.3) is 0 Å². The van der Waals surface area contributed by atoms with Crippen molar-refractivity contribution in [2.24, 2.45) is 0 Å². The molecule has 2 bridgehead atoms. The maximum Gasteiger partial charge on any atom is 0.160 e. The molecule has 0 radical (unpaired) electrons. The zero-order valence-electron chi connectivity index (χ0n) is 23.8. The Balaban J connectivity index is 1.59. The van der Waals surface area contributed by atoms with Crippen LogP contribution in [0.3, 0.4) is 0 Å². The highest BCUT2D eigenvalue weighted by Crippen LogP contribution is 2.59. The number of allylic oxidation sites excluding steroid dienone is 5. The summed E-state index contributed by atoms with van der Waals surface area (Å²) in [6, 6.07) is 47.6. The average molecular weight is 551 g/mol. The predicted molar refractivity (Wildman–Crippen MR) is 176 cm³/mol. The monoisotopic (exact) mass is 550 g/mol. The quantitative estimate of drug-likeness (QED) is 0.219. The highest BCUT2D eigenvalue weighted by molar-refractivity contribution is 5.88. The SMILES string of the molecule is C=C1/C=C\C=C/CC2(c3ccccc3)c3ccccc3C1(c1nc(-c3ccccc3)nc3ccccc13)c1ccccc12. The van der Waals surface area contributed by atoms with Crippen molar-refractivity contribution in [1.82, 2.24) is 9.97 Å². The molecule has 0 aliphatic heterocycles. The van der Waals surface area contributed by atoms with Crippen LogP contribution in [0.15, 0.2) is 170 Å². The van der Waals surface area contributed by atoms with E-state index in [0.29, 0.717) is 5.82 Å². The van der Waals surface area contributed by atoms with Gasteiger partial charge < -0.3 is 0 Å². The molecule has 6 aromatic rings. The molecular formula is C41H30N2. The highest BCUT2D eigenvalue weighted by atomic mass is 14.9. The van der Waals surface area contributed by atoms with Crippen molar-refractivity contribution < 1.29 is 0 Å². The Morgan fingerprint density at radius 2 is 1.14 bits per heavy atom. The van der Waals surface area contributed by atoms with Crippen LogP contribution in [-0.2, 0) is 10.8 Å². The number of aromatic nitrogens is 2. The van der Waals surface area contributed by atoms with E-state index in [9.17, 15) is 0 Å². The summed E-state index contributed by atoms with van der Waals surface area (Å²) < 4.78 is 0. The van der Waals surface area contributed by atoms with Gasteiger partial charge in [0.15, 0.2) is 5.82 Å². The number of fused-ring (bicyclic) bond motifs is 4. The van der Waals surface area contributed by atoms with Gasteiger partial charge in [-0.25, -0.2) is 9.97 Å². The van der Waals surface area contributed by atoms with Crippen LogP contribution >= 0.6 is 0 Å². The van der Waals surface area contributed by atoms with Gasteiger partial charge in [0, 0.05) is 16.4 Å². The minimum absolute atomic E-state index is 0.384. The fourth-order valence-corrected chi connectivity index (χ4v) is 7.48. The standard InChI is InChI=1S/C41H30N2/c1-29-17-5-4-16-28-40(31-20-8-3-9-21-31)33-23-11-13-25-35(33)41(29,36-26-14-12-24-34(36)40)38-32-22-10-15-27-37(32)42-39(43-38)30-18-6-2-7-19-30/h2-27H,1,28H2/b16-4-,17-5-. The van der Waals surface area contributed by atoms with E-state index in [-0.39, 0.29) is 5.41 Å². The molecule has 0 amide bonds. The first kappa shape index (κ1) is 25.4. The lowest BCUT2D eigenvalue weighted by Crippen LogP contribution is -2.45. The summed E-state index contributed by atoms with van der Waals surface area (Å²) in [5.74, 6) is 0.715. The first-order valence-electron chi connectivity index (χ1n) is 14.9. The van der Waals surface area contributed by atoms with Crippen molar-refractivity contribution in [1.29, 1.82) is 0 Å². The fourth-order valence-electron chi connectivity index (χ4n) is 7.48. The Bertz CT molecular complexity index is 2020. The third-order valence-electron chi connectivity index (χ3n) is 9.29. The Morgan fingerprint density at radius 3 is 1.84 bits per heavy atom. The summed E-state index contributed by atoms with van der Waals surface area (Å²) in [4.78, 5) is 10.6. The molecule has 5 aromatic carbocycles. The van der Waals surface area contributed by atoms with Crippen molar-refractivity contribution in [3.05, 3.63) is 203 Å². The van der Waals surface area contributed by atoms with Gasteiger partial charge in [0.1, 0.15) is 0 Å². The molecule has 43 heavy (non-hydrogen) atoms. The summed E-state index contributed by atoms with van der Waals surface area (Å²) in [5.41, 5.74) is 8.98. The number of rotatable bonds is 3. The van der Waals surface area contributed by atoms with Crippen LogP contribution in [0.5, 0.6) is 0 Å². The largest absolute Gasteiger partial charge is 0.231 e. The van der Waals surface area contributed by atoms with Crippen molar-refractivity contribution in [2.45, 2.75) is 17.3 Å². The molecular weight excluding hydrogens is 520 g/mol. The predicted octanol–water partition coefficient (Wildman–Crippen LogP) is 9.35. The molecule has 0 N–H and O–H groups in total. The zero-order chi connectivity index (χ0) is 28.9. The maximum atomic E-state index is 5.51. The topological polar surface area (TPSA) is 25.8 Å². The second kappa shape index (κ2) is 9.89. The van der Waals surface area contributed by atoms with Crippen LogP contribution in [0.1, 0.15) is 39.9 Å². The van der Waals surface area contributed by atoms with E-state index in [0.717, 1.165) is 34.2 Å². The van der Waals surface area contributed by atoms with Crippen LogP contribution in [0.2, 0.25) is 0 Å². The second-order valence-corrected chi connectivity index (χ2v) is 11.4. The molecule has 2 aliphatic rings. The smallest absolute Gasteiger partial charge is 0.160 e. The summed E-state index contributed by atoms with van der Waals surface area (Å²) in [6.45, 7) is 4.83. The van der Waals surface area contributed by atoms with Crippen molar-refractivity contribution in [2.75, 3.05) is 0 Å². The molecule has 1 heterocycles. The molecule has 0 spiro atoms. The summed E-state index contributed by atoms with van der Waals surface area (Å²) >= 11 is 0. The molecule has 0 atom stereocenters. The van der Waals surface area contributed by atoms with Gasteiger partial charge in [0.2, 0.25) is 0 Å². The molecule has 2 nitrogen and oxygen atoms in total. The zero-order valence-corrected chi connectivity index (χ0v) is 23.8. The Morgan fingerprint density at radius 1 is 0.558 bits per heavy atom. The lowest BCUT2D eigenvalue weighted by atomic mass is 9.51. The lowest BCUT2D eigenvalue weighted by Gasteiger charge is -2.50. The van der Waals surface area contributed by atoms with Crippen LogP contribution in [-0.4, -0.2) is 9.97 Å². The molecule has 0 fully saturated rings. The van der Waals surface area contributed by atoms with Crippen LogP contribution in [0.4, 0.5) is 0 Å². The molecule has 1 aromatic heterocycles. The molecule has 2 aliphatic carbocycles. The van der Waals surface area contributed by atoms with E-state index in [4.69, 9.17) is 16.5 Å². The van der Waals surface area contributed by atoms with Gasteiger partial charge in [-0.05, 0) is 45.9 Å². The molecule has 0 unspecified atom stereocenters. The van der Waals surface area contributed by atoms with Gasteiger partial charge >= 0.3 is 0 Å². The second-order valence-electron chi connectivity index (χ2n) is 11.4. The van der Waals surface area contributed by atoms with Crippen molar-refractivity contribution >= 4 is 10.9 Å². The van der Waals surface area contributed by atoms with Gasteiger partial charge in [-0.15, -0.1) is 0 Å². The minimum Gasteiger partial charge on any atom is -0.231 e. The molecule has 2 heteroatoms. The normalized spacial score (nSPS) is 22.0. The third-order valence-corrected chi connectivity index (χ3v) is 9.29. The number of hydrogen-bond acceptors (Lipinski definition) is 2. The summed E-state index contributed by atoms with van der Waals surface area (Å²) in [7, 11) is 0. The van der Waals surface area contributed by atoms with E-state index in [1.54, 1.807) is 0 Å². The van der Waals surface area contributed by atoms with Crippen molar-refractivity contribution in [3.8, 4) is 11.4 Å². The van der Waals surface area contributed by atoms with E-state index in [2.05, 4.69) is 140 Å². The Hall–Kier alpha value is -5.34. The Labute approximate surface area is 252 Å². The van der Waals surface area contributed by atoms with E-state index >= 15 is 0 Å². The van der Waals surface area contributed by atoms with E-state index < -0.39 is 5.41 Å². The number of nitrogens with zero attached hydrogens (tertiary/aromatic N) is 2. The van der Waals surface area contributed by atoms with Crippen LogP contribution < -0.4 is 0 Å².